The van der Waals surface area contributed by atoms with Crippen molar-refractivity contribution in [3.8, 4) is 0 Å². The lowest BCUT2D eigenvalue weighted by Crippen LogP contribution is -2.55. The van der Waals surface area contributed by atoms with Crippen LogP contribution in [0.4, 0.5) is 11.4 Å². The smallest absolute Gasteiger partial charge is 0.293 e. The Kier molecular flexibility index (Phi) is 4.41. The van der Waals surface area contributed by atoms with Gasteiger partial charge in [0.25, 0.3) is 5.69 Å². The first-order chi connectivity index (χ1) is 9.40. The van der Waals surface area contributed by atoms with E-state index < -0.39 is 29.5 Å². The number of nitrogens with one attached hydrogen (secondary N) is 1. The van der Waals surface area contributed by atoms with Crippen molar-refractivity contribution in [2.75, 3.05) is 11.9 Å². The van der Waals surface area contributed by atoms with Gasteiger partial charge >= 0.3 is 0 Å². The van der Waals surface area contributed by atoms with Crippen LogP contribution in [0.2, 0.25) is 5.02 Å². The van der Waals surface area contributed by atoms with E-state index in [-0.39, 0.29) is 23.0 Å². The van der Waals surface area contributed by atoms with Crippen molar-refractivity contribution in [1.29, 1.82) is 0 Å². The zero-order valence-electron chi connectivity index (χ0n) is 10.1. The molecule has 1 saturated heterocycles. The predicted octanol–water partition coefficient (Wildman–Crippen LogP) is 0.0991. The molecule has 20 heavy (non-hydrogen) atoms. The maximum atomic E-state index is 10.9. The Morgan fingerprint density at radius 1 is 1.35 bits per heavy atom. The highest BCUT2D eigenvalue weighted by atomic mass is 35.5. The molecule has 8 nitrogen and oxygen atoms in total. The van der Waals surface area contributed by atoms with Crippen molar-refractivity contribution < 1.29 is 25.0 Å². The second kappa shape index (κ2) is 5.90. The molecule has 0 bridgehead atoms. The average molecular weight is 305 g/mol. The van der Waals surface area contributed by atoms with Crippen molar-refractivity contribution in [1.82, 2.24) is 0 Å². The summed E-state index contributed by atoms with van der Waals surface area (Å²) in [4.78, 5) is 10.3. The van der Waals surface area contributed by atoms with E-state index in [4.69, 9.17) is 16.3 Å². The number of nitrogens with zero attached hydrogens (tertiary/aromatic N) is 1. The molecule has 0 radical (unpaired) electrons. The highest BCUT2D eigenvalue weighted by Gasteiger charge is 2.38. The van der Waals surface area contributed by atoms with E-state index in [1.165, 1.54) is 12.1 Å². The molecule has 4 N–H and O–H groups in total. The monoisotopic (exact) mass is 304 g/mol. The fourth-order valence-electron chi connectivity index (χ4n) is 1.86. The molecular formula is C11H13ClN2O6. The summed E-state index contributed by atoms with van der Waals surface area (Å²) in [6.45, 7) is -0.197. The third kappa shape index (κ3) is 3.00. The minimum Gasteiger partial charge on any atom is -0.388 e. The van der Waals surface area contributed by atoms with Gasteiger partial charge in [-0.15, -0.1) is 0 Å². The summed E-state index contributed by atoms with van der Waals surface area (Å²) in [5, 5.41) is 42.4. The molecule has 4 atom stereocenters. The van der Waals surface area contributed by atoms with E-state index >= 15 is 0 Å². The number of ether oxygens (including phenoxy) is 1. The minimum atomic E-state index is -1.42. The minimum absolute atomic E-state index is 0.0899. The van der Waals surface area contributed by atoms with Crippen LogP contribution in [0.5, 0.6) is 0 Å². The van der Waals surface area contributed by atoms with Crippen LogP contribution in [0.3, 0.4) is 0 Å². The number of anilines is 1. The third-order valence-corrected chi connectivity index (χ3v) is 3.19. The molecule has 0 saturated carbocycles. The predicted molar refractivity (Wildman–Crippen MR) is 69.5 cm³/mol. The van der Waals surface area contributed by atoms with Gasteiger partial charge in [0.15, 0.2) is 6.23 Å². The molecule has 0 spiro atoms. The molecule has 0 amide bonds. The van der Waals surface area contributed by atoms with Crippen LogP contribution >= 0.6 is 11.6 Å². The fourth-order valence-corrected chi connectivity index (χ4v) is 2.03. The SMILES string of the molecule is O=[N+]([O-])c1cc(Cl)ccc1N[C@@H]1OC[C@@H](O)[C@@H](O)[C@@H]1O. The van der Waals surface area contributed by atoms with Gasteiger partial charge in [0.2, 0.25) is 0 Å². The Morgan fingerprint density at radius 2 is 2.05 bits per heavy atom. The lowest BCUT2D eigenvalue weighted by atomic mass is 10.0. The second-order valence-electron chi connectivity index (χ2n) is 4.37. The van der Waals surface area contributed by atoms with Crippen LogP contribution in [0.15, 0.2) is 18.2 Å². The van der Waals surface area contributed by atoms with Crippen molar-refractivity contribution >= 4 is 23.0 Å². The zero-order chi connectivity index (χ0) is 14.9. The first-order valence-electron chi connectivity index (χ1n) is 5.76. The highest BCUT2D eigenvalue weighted by molar-refractivity contribution is 6.30. The van der Waals surface area contributed by atoms with Gasteiger partial charge < -0.3 is 25.4 Å². The van der Waals surface area contributed by atoms with Gasteiger partial charge in [-0.2, -0.15) is 0 Å². The zero-order valence-corrected chi connectivity index (χ0v) is 10.9. The molecule has 0 aliphatic carbocycles. The highest BCUT2D eigenvalue weighted by Crippen LogP contribution is 2.29. The number of nitro benzene ring substituents is 1. The first-order valence-corrected chi connectivity index (χ1v) is 6.14. The quantitative estimate of drug-likeness (QED) is 0.461. The van der Waals surface area contributed by atoms with E-state index in [2.05, 4.69) is 5.32 Å². The molecule has 0 aromatic heterocycles. The normalized spacial score (nSPS) is 30.0. The van der Waals surface area contributed by atoms with E-state index in [9.17, 15) is 25.4 Å². The summed E-state index contributed by atoms with van der Waals surface area (Å²) in [7, 11) is 0. The summed E-state index contributed by atoms with van der Waals surface area (Å²) in [6, 6.07) is 3.97. The van der Waals surface area contributed by atoms with Gasteiger partial charge in [-0.05, 0) is 12.1 Å². The van der Waals surface area contributed by atoms with Crippen molar-refractivity contribution in [3.05, 3.63) is 33.3 Å². The fraction of sp³-hybridized carbons (Fsp3) is 0.455. The largest absolute Gasteiger partial charge is 0.388 e. The summed E-state index contributed by atoms with van der Waals surface area (Å²) < 4.78 is 5.12. The Balaban J connectivity index is 2.20. The van der Waals surface area contributed by atoms with Crippen LogP contribution in [0.1, 0.15) is 0 Å². The second-order valence-corrected chi connectivity index (χ2v) is 4.80. The van der Waals surface area contributed by atoms with Crippen LogP contribution in [0, 0.1) is 10.1 Å². The standard InChI is InChI=1S/C11H13ClN2O6/c12-5-1-2-6(7(3-5)14(18)19)13-11-10(17)9(16)8(15)4-20-11/h1-3,8-11,13,15-17H,4H2/t8-,9-,10+,11-/m1/s1. The molecule has 2 rings (SSSR count). The number of rotatable bonds is 3. The first kappa shape index (κ1) is 14.9. The van der Waals surface area contributed by atoms with Gasteiger partial charge in [-0.1, -0.05) is 11.6 Å². The van der Waals surface area contributed by atoms with Gasteiger partial charge in [-0.3, -0.25) is 10.1 Å². The Morgan fingerprint density at radius 3 is 2.70 bits per heavy atom. The molecule has 9 heteroatoms. The van der Waals surface area contributed by atoms with Crippen molar-refractivity contribution in [3.63, 3.8) is 0 Å². The van der Waals surface area contributed by atoms with Gasteiger partial charge in [0, 0.05) is 11.1 Å². The number of hydrogen-bond acceptors (Lipinski definition) is 7. The van der Waals surface area contributed by atoms with Gasteiger partial charge in [0.1, 0.15) is 24.0 Å². The molecule has 110 valence electrons. The van der Waals surface area contributed by atoms with E-state index in [1.54, 1.807) is 0 Å². The van der Waals surface area contributed by atoms with Crippen LogP contribution in [0.25, 0.3) is 0 Å². The Bertz CT molecular complexity index is 514. The molecule has 0 unspecified atom stereocenters. The van der Waals surface area contributed by atoms with E-state index in [0.717, 1.165) is 6.07 Å². The number of nitro groups is 1. The van der Waals surface area contributed by atoms with Gasteiger partial charge in [-0.25, -0.2) is 0 Å². The number of halogens is 1. The lowest BCUT2D eigenvalue weighted by Gasteiger charge is -2.35. The average Bonchev–Trinajstić information content (AvgIpc) is 2.41. The van der Waals surface area contributed by atoms with Crippen molar-refractivity contribution in [2.45, 2.75) is 24.5 Å². The molecule has 1 aliphatic rings. The van der Waals surface area contributed by atoms with Crippen molar-refractivity contribution in [2.24, 2.45) is 0 Å². The molecule has 1 heterocycles. The Hall–Kier alpha value is -1.45. The molecule has 1 aliphatic heterocycles. The van der Waals surface area contributed by atoms with Crippen LogP contribution in [-0.2, 0) is 4.74 Å². The van der Waals surface area contributed by atoms with E-state index in [1.807, 2.05) is 0 Å². The van der Waals surface area contributed by atoms with Gasteiger partial charge in [0.05, 0.1) is 11.5 Å². The van der Waals surface area contributed by atoms with Crippen LogP contribution in [-0.4, -0.2) is 51.4 Å². The maximum Gasteiger partial charge on any atom is 0.293 e. The summed E-state index contributed by atoms with van der Waals surface area (Å²) in [5.74, 6) is 0. The number of aliphatic hydroxyl groups excluding tert-OH is 3. The topological polar surface area (TPSA) is 125 Å². The molecular weight excluding hydrogens is 292 g/mol. The number of hydrogen-bond donors (Lipinski definition) is 4. The lowest BCUT2D eigenvalue weighted by molar-refractivity contribution is -0.384. The molecule has 1 fully saturated rings. The number of aliphatic hydroxyl groups is 3. The van der Waals surface area contributed by atoms with Crippen LogP contribution < -0.4 is 5.32 Å². The molecule has 1 aromatic rings. The Labute approximate surface area is 118 Å². The summed E-state index contributed by atoms with van der Waals surface area (Å²) in [5.41, 5.74) is -0.194. The third-order valence-electron chi connectivity index (χ3n) is 2.96. The van der Waals surface area contributed by atoms with E-state index in [0.29, 0.717) is 0 Å². The molecule has 1 aromatic carbocycles. The number of benzene rings is 1. The summed E-state index contributed by atoms with van der Waals surface area (Å²) in [6.07, 6.45) is -5.10. The summed E-state index contributed by atoms with van der Waals surface area (Å²) >= 11 is 5.69. The maximum absolute atomic E-state index is 10.9.